The van der Waals surface area contributed by atoms with Crippen molar-refractivity contribution < 1.29 is 32.4 Å². The molecule has 5 rings (SSSR count). The summed E-state index contributed by atoms with van der Waals surface area (Å²) in [5.74, 6) is -2.14. The third-order valence-electron chi connectivity index (χ3n) is 6.50. The van der Waals surface area contributed by atoms with E-state index in [0.29, 0.717) is 24.4 Å². The quantitative estimate of drug-likeness (QED) is 0.617. The van der Waals surface area contributed by atoms with Crippen LogP contribution in [0.2, 0.25) is 0 Å². The van der Waals surface area contributed by atoms with Crippen molar-refractivity contribution in [1.29, 1.82) is 0 Å². The smallest absolute Gasteiger partial charge is 0.255 e. The van der Waals surface area contributed by atoms with E-state index in [-0.39, 0.29) is 54.9 Å². The lowest BCUT2D eigenvalue weighted by atomic mass is 10.0. The van der Waals surface area contributed by atoms with Crippen LogP contribution in [0.1, 0.15) is 57.8 Å². The van der Waals surface area contributed by atoms with Crippen molar-refractivity contribution >= 4 is 17.7 Å². The molecule has 9 heteroatoms. The Morgan fingerprint density at radius 1 is 1.19 bits per heavy atom. The zero-order chi connectivity index (χ0) is 28.1. The molecule has 1 N–H and O–H groups in total. The molecule has 8 nitrogen and oxygen atoms in total. The van der Waals surface area contributed by atoms with Crippen LogP contribution in [-0.4, -0.2) is 58.8 Å². The second-order valence-corrected chi connectivity index (χ2v) is 9.37. The summed E-state index contributed by atoms with van der Waals surface area (Å²) < 4.78 is 52.6. The minimum absolute atomic E-state index is 0.0461. The summed E-state index contributed by atoms with van der Waals surface area (Å²) in [5.41, 5.74) is 1.15. The van der Waals surface area contributed by atoms with Crippen LogP contribution < -0.4 is 10.1 Å². The average molecular weight is 499 g/mol. The molecule has 3 amide bonds. The van der Waals surface area contributed by atoms with Crippen molar-refractivity contribution in [3.63, 3.8) is 0 Å². The molecule has 0 radical (unpaired) electrons. The standard InChI is InChI=1S/C27H30FN3O5/c1-16-11-30(12-17(2)36-16)13-18-6-7-19(22(28)10-18)15-35-24-5-3-4-20-21(24)14-31(27(20)34)23-8-9-25(32)29-26(23)33/h3-7,10,16-17,23H,8-9,11-15H2,1-2H3,(H,29,32,33)/i13D2,23D. The number of amides is 3. The molecule has 36 heavy (non-hydrogen) atoms. The number of carbonyl (C=O) groups excluding carboxylic acids is 3. The van der Waals surface area contributed by atoms with Crippen LogP contribution >= 0.6 is 0 Å². The largest absolute Gasteiger partial charge is 0.488 e. The highest BCUT2D eigenvalue weighted by Crippen LogP contribution is 2.34. The number of fused-ring (bicyclic) bond motifs is 1. The molecule has 0 aliphatic carbocycles. The molecule has 0 spiro atoms. The molecule has 0 bridgehead atoms. The number of imide groups is 1. The SMILES string of the molecule is [2H]C1(N2Cc3c(OCc4ccc(C([2H])([2H])N5CC(C)OC(C)C5)cc4F)cccc3C2=O)CCC(=O)NC1=O. The molecule has 0 aromatic heterocycles. The zero-order valence-electron chi connectivity index (χ0n) is 23.2. The Balaban J connectivity index is 1.31. The van der Waals surface area contributed by atoms with Gasteiger partial charge in [-0.3, -0.25) is 24.6 Å². The van der Waals surface area contributed by atoms with Gasteiger partial charge in [-0.2, -0.15) is 0 Å². The van der Waals surface area contributed by atoms with E-state index in [1.54, 1.807) is 29.2 Å². The van der Waals surface area contributed by atoms with E-state index in [1.807, 2.05) is 13.8 Å². The highest BCUT2D eigenvalue weighted by Gasteiger charge is 2.40. The molecule has 0 saturated carbocycles. The Labute approximate surface area is 213 Å². The van der Waals surface area contributed by atoms with E-state index in [2.05, 4.69) is 5.32 Å². The fraction of sp³-hybridized carbons (Fsp3) is 0.444. The lowest BCUT2D eigenvalue weighted by Gasteiger charge is -2.35. The van der Waals surface area contributed by atoms with Gasteiger partial charge in [-0.25, -0.2) is 4.39 Å². The second kappa shape index (κ2) is 9.99. The van der Waals surface area contributed by atoms with Crippen molar-refractivity contribution in [2.24, 2.45) is 0 Å². The number of halogens is 1. The minimum atomic E-state index is -1.92. The summed E-state index contributed by atoms with van der Waals surface area (Å²) in [4.78, 5) is 39.9. The molecule has 3 heterocycles. The number of nitrogens with one attached hydrogen (secondary N) is 1. The third-order valence-corrected chi connectivity index (χ3v) is 6.50. The molecular formula is C27H30FN3O5. The van der Waals surface area contributed by atoms with E-state index in [9.17, 15) is 14.4 Å². The van der Waals surface area contributed by atoms with E-state index in [4.69, 9.17) is 13.6 Å². The number of morpholine rings is 1. The first-order valence-corrected chi connectivity index (χ1v) is 12.0. The van der Waals surface area contributed by atoms with Crippen molar-refractivity contribution in [3.05, 3.63) is 64.5 Å². The monoisotopic (exact) mass is 498 g/mol. The molecule has 2 saturated heterocycles. The van der Waals surface area contributed by atoms with E-state index < -0.39 is 36.1 Å². The maximum atomic E-state index is 15.1. The predicted octanol–water partition coefficient (Wildman–Crippen LogP) is 2.77. The van der Waals surface area contributed by atoms with Gasteiger partial charge in [0.25, 0.3) is 5.91 Å². The summed E-state index contributed by atoms with van der Waals surface area (Å²) >= 11 is 0. The van der Waals surface area contributed by atoms with Crippen LogP contribution in [0.5, 0.6) is 5.75 Å². The van der Waals surface area contributed by atoms with Gasteiger partial charge in [0.2, 0.25) is 11.8 Å². The summed E-state index contributed by atoms with van der Waals surface area (Å²) in [6.45, 7) is 2.40. The van der Waals surface area contributed by atoms with Crippen LogP contribution in [0.3, 0.4) is 0 Å². The van der Waals surface area contributed by atoms with Crippen molar-refractivity contribution in [2.45, 2.75) is 64.6 Å². The van der Waals surface area contributed by atoms with E-state index in [1.165, 1.54) is 12.1 Å². The Kier molecular flexibility index (Phi) is 5.78. The fourth-order valence-electron chi connectivity index (χ4n) is 4.86. The molecule has 2 aromatic rings. The first-order valence-electron chi connectivity index (χ1n) is 13.5. The average Bonchev–Trinajstić information content (AvgIpc) is 3.23. The van der Waals surface area contributed by atoms with Gasteiger partial charge in [-0.15, -0.1) is 0 Å². The first-order chi connectivity index (χ1) is 18.4. The van der Waals surface area contributed by atoms with Crippen LogP contribution in [0, 0.1) is 5.82 Å². The van der Waals surface area contributed by atoms with Crippen molar-refractivity contribution in [2.75, 3.05) is 13.1 Å². The van der Waals surface area contributed by atoms with Gasteiger partial charge in [0.1, 0.15) is 24.2 Å². The maximum Gasteiger partial charge on any atom is 0.255 e. The number of hydrogen-bond donors (Lipinski definition) is 1. The van der Waals surface area contributed by atoms with E-state index in [0.717, 1.165) is 4.90 Å². The number of piperidine rings is 1. The lowest BCUT2D eigenvalue weighted by Crippen LogP contribution is -2.52. The van der Waals surface area contributed by atoms with Crippen LogP contribution in [-0.2, 0) is 34.0 Å². The Bertz CT molecular complexity index is 1330. The topological polar surface area (TPSA) is 88.2 Å². The molecule has 190 valence electrons. The van der Waals surface area contributed by atoms with Gasteiger partial charge in [0, 0.05) is 45.4 Å². The Morgan fingerprint density at radius 2 is 1.97 bits per heavy atom. The molecule has 2 aromatic carbocycles. The van der Waals surface area contributed by atoms with Gasteiger partial charge >= 0.3 is 0 Å². The maximum absolute atomic E-state index is 15.1. The van der Waals surface area contributed by atoms with Gasteiger partial charge in [-0.1, -0.05) is 18.2 Å². The highest BCUT2D eigenvalue weighted by molar-refractivity contribution is 6.05. The van der Waals surface area contributed by atoms with Gasteiger partial charge in [-0.05, 0) is 44.0 Å². The summed E-state index contributed by atoms with van der Waals surface area (Å²) in [5, 5.41) is 2.13. The first kappa shape index (κ1) is 20.8. The fourth-order valence-corrected chi connectivity index (χ4v) is 4.86. The number of hydrogen-bond acceptors (Lipinski definition) is 6. The van der Waals surface area contributed by atoms with Crippen molar-refractivity contribution in [3.8, 4) is 5.75 Å². The van der Waals surface area contributed by atoms with E-state index >= 15 is 4.39 Å². The van der Waals surface area contributed by atoms with Gasteiger partial charge in [0.15, 0.2) is 0 Å². The lowest BCUT2D eigenvalue weighted by molar-refractivity contribution is -0.136. The summed E-state index contributed by atoms with van der Waals surface area (Å²) in [6, 6.07) is 7.09. The Morgan fingerprint density at radius 3 is 2.69 bits per heavy atom. The highest BCUT2D eigenvalue weighted by atomic mass is 19.1. The summed E-state index contributed by atoms with van der Waals surface area (Å²) in [6.07, 6.45) is -0.440. The number of carbonyl (C=O) groups is 3. The minimum Gasteiger partial charge on any atom is -0.488 e. The summed E-state index contributed by atoms with van der Waals surface area (Å²) in [7, 11) is 0. The second-order valence-electron chi connectivity index (χ2n) is 9.37. The number of ether oxygens (including phenoxy) is 2. The van der Waals surface area contributed by atoms with Gasteiger partial charge < -0.3 is 14.4 Å². The molecule has 2 fully saturated rings. The van der Waals surface area contributed by atoms with Crippen LogP contribution in [0.4, 0.5) is 4.39 Å². The number of nitrogens with zero attached hydrogens (tertiary/aromatic N) is 2. The third kappa shape index (κ3) is 4.99. The Hall–Kier alpha value is -3.30. The van der Waals surface area contributed by atoms with Crippen LogP contribution in [0.25, 0.3) is 0 Å². The predicted molar refractivity (Wildman–Crippen MR) is 129 cm³/mol. The molecule has 3 aliphatic heterocycles. The van der Waals surface area contributed by atoms with Gasteiger partial charge in [0.05, 0.1) is 20.1 Å². The number of rotatable bonds is 6. The number of benzene rings is 2. The molecular weight excluding hydrogens is 465 g/mol. The molecule has 3 aliphatic rings. The normalized spacial score (nSPS) is 28.2. The molecule has 3 atom stereocenters. The zero-order valence-corrected chi connectivity index (χ0v) is 20.2. The molecule has 3 unspecified atom stereocenters. The van der Waals surface area contributed by atoms with Crippen molar-refractivity contribution in [1.82, 2.24) is 15.1 Å². The van der Waals surface area contributed by atoms with Crippen LogP contribution in [0.15, 0.2) is 36.4 Å².